The van der Waals surface area contributed by atoms with Crippen LogP contribution in [0.1, 0.15) is 16.7 Å². The van der Waals surface area contributed by atoms with Gasteiger partial charge in [0.2, 0.25) is 0 Å². The number of ether oxygens (including phenoxy) is 2. The van der Waals surface area contributed by atoms with E-state index >= 15 is 0 Å². The number of benzene rings is 3. The van der Waals surface area contributed by atoms with Gasteiger partial charge in [-0.25, -0.2) is 0 Å². The summed E-state index contributed by atoms with van der Waals surface area (Å²) in [6, 6.07) is 22.2. The van der Waals surface area contributed by atoms with Crippen molar-refractivity contribution in [2.45, 2.75) is 32.3 Å². The highest BCUT2D eigenvalue weighted by molar-refractivity contribution is 5.69. The molecule has 4 nitrogen and oxygen atoms in total. The lowest BCUT2D eigenvalue weighted by Gasteiger charge is -2.22. The summed E-state index contributed by atoms with van der Waals surface area (Å²) in [5, 5.41) is 6.90. The second-order valence-electron chi connectivity index (χ2n) is 7.58. The van der Waals surface area contributed by atoms with Gasteiger partial charge in [0.05, 0.1) is 24.0 Å². The zero-order valence-electron chi connectivity index (χ0n) is 18.1. The first kappa shape index (κ1) is 23.5. The molecule has 0 heterocycles. The Hall–Kier alpha value is -3.19. The predicted molar refractivity (Wildman–Crippen MR) is 121 cm³/mol. The van der Waals surface area contributed by atoms with E-state index in [-0.39, 0.29) is 11.8 Å². The molecule has 0 fully saturated rings. The summed E-state index contributed by atoms with van der Waals surface area (Å²) in [6.07, 6.45) is -3.88. The zero-order valence-corrected chi connectivity index (χ0v) is 18.1. The van der Waals surface area contributed by atoms with Crippen LogP contribution < -0.4 is 15.4 Å². The maximum Gasteiger partial charge on any atom is 0.573 e. The summed E-state index contributed by atoms with van der Waals surface area (Å²) in [5.41, 5.74) is 5.10. The van der Waals surface area contributed by atoms with Gasteiger partial charge in [0.15, 0.2) is 0 Å². The standard InChI is InChI=1S/C25H27F3N2O2/c1-18-7-9-19(10-8-18)15-21(17-31-2)30-24-6-4-3-5-23(24)29-16-20-11-13-22(14-12-20)32-25(26,27)28/h3-14,21,29-30H,15-17H2,1-2H3/t21-/m0/s1. The van der Waals surface area contributed by atoms with Crippen molar-refractivity contribution >= 4 is 11.4 Å². The minimum atomic E-state index is -4.69. The quantitative estimate of drug-likeness (QED) is 0.392. The first-order valence-electron chi connectivity index (χ1n) is 10.3. The third-order valence-corrected chi connectivity index (χ3v) is 4.90. The Labute approximate surface area is 186 Å². The Kier molecular flexibility index (Phi) is 8.00. The third kappa shape index (κ3) is 7.50. The van der Waals surface area contributed by atoms with Crippen LogP contribution in [0.4, 0.5) is 24.5 Å². The van der Waals surface area contributed by atoms with E-state index in [1.54, 1.807) is 19.2 Å². The van der Waals surface area contributed by atoms with E-state index in [1.165, 1.54) is 23.3 Å². The van der Waals surface area contributed by atoms with E-state index in [0.717, 1.165) is 23.4 Å². The van der Waals surface area contributed by atoms with Crippen LogP contribution in [0.2, 0.25) is 0 Å². The monoisotopic (exact) mass is 444 g/mol. The molecule has 2 N–H and O–H groups in total. The highest BCUT2D eigenvalue weighted by atomic mass is 19.4. The van der Waals surface area contributed by atoms with E-state index in [1.807, 2.05) is 24.3 Å². The number of methoxy groups -OCH3 is 1. The molecule has 0 aliphatic carbocycles. The first-order valence-corrected chi connectivity index (χ1v) is 10.3. The Bertz CT molecular complexity index is 974. The average Bonchev–Trinajstić information content (AvgIpc) is 2.75. The summed E-state index contributed by atoms with van der Waals surface area (Å²) >= 11 is 0. The Morgan fingerprint density at radius 2 is 1.47 bits per heavy atom. The molecule has 0 spiro atoms. The minimum absolute atomic E-state index is 0.0736. The lowest BCUT2D eigenvalue weighted by Crippen LogP contribution is -2.28. The van der Waals surface area contributed by atoms with Crippen LogP contribution in [-0.4, -0.2) is 26.1 Å². The van der Waals surface area contributed by atoms with Crippen molar-refractivity contribution in [3.05, 3.63) is 89.5 Å². The molecule has 3 aromatic rings. The molecule has 0 aromatic heterocycles. The number of halogens is 3. The number of alkyl halides is 3. The Balaban J connectivity index is 1.64. The fourth-order valence-electron chi connectivity index (χ4n) is 3.35. The predicted octanol–water partition coefficient (Wildman–Crippen LogP) is 6.18. The van der Waals surface area contributed by atoms with E-state index < -0.39 is 6.36 Å². The number of hydrogen-bond acceptors (Lipinski definition) is 4. The molecule has 3 rings (SSSR count). The molecule has 32 heavy (non-hydrogen) atoms. The molecule has 0 radical (unpaired) electrons. The molecular weight excluding hydrogens is 417 g/mol. The molecular formula is C25H27F3N2O2. The molecule has 3 aromatic carbocycles. The number of para-hydroxylation sites is 2. The van der Waals surface area contributed by atoms with Crippen molar-refractivity contribution in [2.24, 2.45) is 0 Å². The van der Waals surface area contributed by atoms with E-state index in [9.17, 15) is 13.2 Å². The number of hydrogen-bond donors (Lipinski definition) is 2. The van der Waals surface area contributed by atoms with Gasteiger partial charge in [-0.3, -0.25) is 0 Å². The molecule has 7 heteroatoms. The Morgan fingerprint density at radius 1 is 0.844 bits per heavy atom. The van der Waals surface area contributed by atoms with Crippen LogP contribution in [-0.2, 0) is 17.7 Å². The lowest BCUT2D eigenvalue weighted by molar-refractivity contribution is -0.274. The van der Waals surface area contributed by atoms with Crippen LogP contribution in [0, 0.1) is 6.92 Å². The summed E-state index contributed by atoms with van der Waals surface area (Å²) in [7, 11) is 1.68. The zero-order chi connectivity index (χ0) is 23.0. The molecule has 0 saturated heterocycles. The number of nitrogens with one attached hydrogen (secondary N) is 2. The van der Waals surface area contributed by atoms with Crippen LogP contribution in [0.15, 0.2) is 72.8 Å². The van der Waals surface area contributed by atoms with Gasteiger partial charge in [0, 0.05) is 13.7 Å². The van der Waals surface area contributed by atoms with Crippen molar-refractivity contribution in [3.8, 4) is 5.75 Å². The molecule has 0 amide bonds. The summed E-state index contributed by atoms with van der Waals surface area (Å²) < 4.78 is 46.3. The second-order valence-corrected chi connectivity index (χ2v) is 7.58. The SMILES string of the molecule is COC[C@H](Cc1ccc(C)cc1)Nc1ccccc1NCc1ccc(OC(F)(F)F)cc1. The van der Waals surface area contributed by atoms with Gasteiger partial charge in [-0.2, -0.15) is 0 Å². The number of anilines is 2. The van der Waals surface area contributed by atoms with Crippen molar-refractivity contribution in [2.75, 3.05) is 24.4 Å². The van der Waals surface area contributed by atoms with E-state index in [2.05, 4.69) is 46.6 Å². The van der Waals surface area contributed by atoms with Gasteiger partial charge in [-0.1, -0.05) is 54.1 Å². The van der Waals surface area contributed by atoms with Crippen molar-refractivity contribution in [1.29, 1.82) is 0 Å². The molecule has 0 saturated carbocycles. The van der Waals surface area contributed by atoms with Crippen LogP contribution in [0.5, 0.6) is 5.75 Å². The van der Waals surface area contributed by atoms with Gasteiger partial charge in [0.1, 0.15) is 5.75 Å². The average molecular weight is 444 g/mol. The van der Waals surface area contributed by atoms with Gasteiger partial charge in [-0.15, -0.1) is 13.2 Å². The molecule has 1 atom stereocenters. The Morgan fingerprint density at radius 3 is 2.09 bits per heavy atom. The highest BCUT2D eigenvalue weighted by Gasteiger charge is 2.30. The van der Waals surface area contributed by atoms with Gasteiger partial charge >= 0.3 is 6.36 Å². The molecule has 170 valence electrons. The maximum absolute atomic E-state index is 12.3. The van der Waals surface area contributed by atoms with Crippen molar-refractivity contribution in [3.63, 3.8) is 0 Å². The van der Waals surface area contributed by atoms with E-state index in [0.29, 0.717) is 13.2 Å². The summed E-state index contributed by atoms with van der Waals surface area (Å²) in [4.78, 5) is 0. The van der Waals surface area contributed by atoms with Gasteiger partial charge in [-0.05, 0) is 48.7 Å². The normalized spacial score (nSPS) is 12.3. The first-order chi connectivity index (χ1) is 15.3. The summed E-state index contributed by atoms with van der Waals surface area (Å²) in [5.74, 6) is -0.234. The van der Waals surface area contributed by atoms with Crippen LogP contribution >= 0.6 is 0 Å². The van der Waals surface area contributed by atoms with Crippen molar-refractivity contribution < 1.29 is 22.6 Å². The summed E-state index contributed by atoms with van der Waals surface area (Å²) in [6.45, 7) is 3.06. The smallest absolute Gasteiger partial charge is 0.406 e. The number of rotatable bonds is 10. The molecule has 0 unspecified atom stereocenters. The molecule has 0 bridgehead atoms. The fraction of sp³-hybridized carbons (Fsp3) is 0.280. The van der Waals surface area contributed by atoms with Crippen molar-refractivity contribution in [1.82, 2.24) is 0 Å². The lowest BCUT2D eigenvalue weighted by atomic mass is 10.0. The third-order valence-electron chi connectivity index (χ3n) is 4.90. The topological polar surface area (TPSA) is 42.5 Å². The largest absolute Gasteiger partial charge is 0.573 e. The number of aryl methyl sites for hydroxylation is 1. The van der Waals surface area contributed by atoms with Crippen LogP contribution in [0.3, 0.4) is 0 Å². The molecule has 0 aliphatic heterocycles. The second kappa shape index (κ2) is 10.9. The van der Waals surface area contributed by atoms with Gasteiger partial charge < -0.3 is 20.1 Å². The molecule has 0 aliphatic rings. The fourth-order valence-corrected chi connectivity index (χ4v) is 3.35. The maximum atomic E-state index is 12.3. The van der Waals surface area contributed by atoms with E-state index in [4.69, 9.17) is 4.74 Å². The van der Waals surface area contributed by atoms with Crippen LogP contribution in [0.25, 0.3) is 0 Å². The highest BCUT2D eigenvalue weighted by Crippen LogP contribution is 2.25. The minimum Gasteiger partial charge on any atom is -0.406 e. The van der Waals surface area contributed by atoms with Gasteiger partial charge in [0.25, 0.3) is 0 Å².